The highest BCUT2D eigenvalue weighted by Gasteiger charge is 2.14. The van der Waals surface area contributed by atoms with Crippen molar-refractivity contribution in [2.75, 3.05) is 5.43 Å². The molecular formula is C12H15N5OS. The van der Waals surface area contributed by atoms with Gasteiger partial charge in [-0.1, -0.05) is 0 Å². The third-order valence-electron chi connectivity index (χ3n) is 2.53. The summed E-state index contributed by atoms with van der Waals surface area (Å²) in [5.41, 5.74) is 2.91. The summed E-state index contributed by atoms with van der Waals surface area (Å²) >= 11 is 1.57. The van der Waals surface area contributed by atoms with Crippen LogP contribution in [0.3, 0.4) is 0 Å². The van der Waals surface area contributed by atoms with Gasteiger partial charge < -0.3 is 10.7 Å². The Morgan fingerprint density at radius 1 is 1.47 bits per heavy atom. The molecule has 0 aliphatic heterocycles. The first kappa shape index (κ1) is 13.4. The van der Waals surface area contributed by atoms with Crippen molar-refractivity contribution in [3.05, 3.63) is 40.0 Å². The fraction of sp³-hybridized carbons (Fsp3) is 0.250. The van der Waals surface area contributed by atoms with Crippen LogP contribution in [-0.2, 0) is 0 Å². The van der Waals surface area contributed by atoms with E-state index in [-0.39, 0.29) is 11.9 Å². The number of aryl methyl sites for hydroxylation is 1. The molecule has 1 amide bonds. The Balaban J connectivity index is 2.08. The van der Waals surface area contributed by atoms with Crippen LogP contribution in [0, 0.1) is 6.92 Å². The molecule has 0 saturated carbocycles. The molecule has 2 heterocycles. The standard InChI is InChI=1S/C12H15N5OS/c1-7-6-15-12(19-7)8(2)16-11(18)9-3-4-14-10(5-9)17-13/h3-6,8H,13H2,1-2H3,(H,14,17)(H,16,18). The summed E-state index contributed by atoms with van der Waals surface area (Å²) in [5.74, 6) is 5.53. The minimum Gasteiger partial charge on any atom is -0.343 e. The molecule has 0 aliphatic carbocycles. The van der Waals surface area contributed by atoms with Gasteiger partial charge in [0.25, 0.3) is 5.91 Å². The fourth-order valence-electron chi connectivity index (χ4n) is 1.56. The van der Waals surface area contributed by atoms with E-state index in [1.165, 1.54) is 6.20 Å². The second-order valence-electron chi connectivity index (χ2n) is 4.08. The van der Waals surface area contributed by atoms with E-state index in [9.17, 15) is 4.79 Å². The quantitative estimate of drug-likeness (QED) is 0.583. The zero-order valence-electron chi connectivity index (χ0n) is 10.7. The van der Waals surface area contributed by atoms with Crippen LogP contribution in [0.5, 0.6) is 0 Å². The maximum Gasteiger partial charge on any atom is 0.252 e. The van der Waals surface area contributed by atoms with E-state index in [2.05, 4.69) is 20.7 Å². The lowest BCUT2D eigenvalue weighted by molar-refractivity contribution is 0.0940. The average molecular weight is 277 g/mol. The molecule has 19 heavy (non-hydrogen) atoms. The third kappa shape index (κ3) is 3.27. The highest BCUT2D eigenvalue weighted by atomic mass is 32.1. The van der Waals surface area contributed by atoms with Crippen LogP contribution in [0.4, 0.5) is 5.82 Å². The predicted octanol–water partition coefficient (Wildman–Crippen LogP) is 1.62. The first-order chi connectivity index (χ1) is 9.10. The number of nitrogen functional groups attached to an aromatic ring is 1. The van der Waals surface area contributed by atoms with Gasteiger partial charge in [-0.3, -0.25) is 4.79 Å². The van der Waals surface area contributed by atoms with Crippen LogP contribution in [0.15, 0.2) is 24.5 Å². The minimum absolute atomic E-state index is 0.131. The van der Waals surface area contributed by atoms with Crippen molar-refractivity contribution in [3.63, 3.8) is 0 Å². The lowest BCUT2D eigenvalue weighted by Crippen LogP contribution is -2.26. The van der Waals surface area contributed by atoms with Gasteiger partial charge in [-0.05, 0) is 26.0 Å². The summed E-state index contributed by atoms with van der Waals surface area (Å²) in [6.45, 7) is 3.89. The second-order valence-corrected chi connectivity index (χ2v) is 5.34. The van der Waals surface area contributed by atoms with E-state index in [0.29, 0.717) is 11.4 Å². The van der Waals surface area contributed by atoms with Gasteiger partial charge >= 0.3 is 0 Å². The molecule has 0 radical (unpaired) electrons. The van der Waals surface area contributed by atoms with Gasteiger partial charge in [-0.2, -0.15) is 0 Å². The number of rotatable bonds is 4. The van der Waals surface area contributed by atoms with Crippen molar-refractivity contribution < 1.29 is 4.79 Å². The zero-order chi connectivity index (χ0) is 13.8. The molecule has 1 atom stereocenters. The first-order valence-electron chi connectivity index (χ1n) is 5.76. The summed E-state index contributed by atoms with van der Waals surface area (Å²) in [5, 5.41) is 3.78. The number of carbonyl (C=O) groups excluding carboxylic acids is 1. The van der Waals surface area contributed by atoms with Gasteiger partial charge in [0.05, 0.1) is 6.04 Å². The van der Waals surface area contributed by atoms with Crippen molar-refractivity contribution in [1.29, 1.82) is 0 Å². The Bertz CT molecular complexity index is 583. The Labute approximate surface area is 115 Å². The number of amides is 1. The summed E-state index contributed by atoms with van der Waals surface area (Å²) in [4.78, 5) is 21.4. The van der Waals surface area contributed by atoms with E-state index in [4.69, 9.17) is 5.84 Å². The molecule has 2 aromatic rings. The van der Waals surface area contributed by atoms with Gasteiger partial charge in [-0.15, -0.1) is 11.3 Å². The molecule has 4 N–H and O–H groups in total. The number of nitrogens with zero attached hydrogens (tertiary/aromatic N) is 2. The topological polar surface area (TPSA) is 92.9 Å². The highest BCUT2D eigenvalue weighted by molar-refractivity contribution is 7.11. The molecule has 2 aromatic heterocycles. The molecule has 0 spiro atoms. The maximum absolute atomic E-state index is 12.1. The molecule has 1 unspecified atom stereocenters. The molecule has 100 valence electrons. The van der Waals surface area contributed by atoms with Crippen LogP contribution >= 0.6 is 11.3 Å². The highest BCUT2D eigenvalue weighted by Crippen LogP contribution is 2.19. The number of aromatic nitrogens is 2. The lowest BCUT2D eigenvalue weighted by atomic mass is 10.2. The van der Waals surface area contributed by atoms with E-state index in [1.54, 1.807) is 29.7 Å². The van der Waals surface area contributed by atoms with Gasteiger partial charge in [0.15, 0.2) is 0 Å². The van der Waals surface area contributed by atoms with Crippen LogP contribution in [0.1, 0.15) is 33.2 Å². The smallest absolute Gasteiger partial charge is 0.252 e. The molecule has 0 saturated heterocycles. The molecule has 6 nitrogen and oxygen atoms in total. The first-order valence-corrected chi connectivity index (χ1v) is 6.57. The number of hydrogen-bond acceptors (Lipinski definition) is 6. The van der Waals surface area contributed by atoms with E-state index >= 15 is 0 Å². The largest absolute Gasteiger partial charge is 0.343 e. The molecule has 2 rings (SSSR count). The van der Waals surface area contributed by atoms with E-state index in [0.717, 1.165) is 9.88 Å². The third-order valence-corrected chi connectivity index (χ3v) is 3.62. The average Bonchev–Trinajstić information content (AvgIpc) is 2.85. The minimum atomic E-state index is -0.181. The van der Waals surface area contributed by atoms with Gasteiger partial charge in [0, 0.05) is 22.8 Å². The normalized spacial score (nSPS) is 11.9. The van der Waals surface area contributed by atoms with Gasteiger partial charge in [-0.25, -0.2) is 15.8 Å². The van der Waals surface area contributed by atoms with Crippen LogP contribution in [0.25, 0.3) is 0 Å². The van der Waals surface area contributed by atoms with Crippen LogP contribution in [0.2, 0.25) is 0 Å². The molecule has 0 bridgehead atoms. The summed E-state index contributed by atoms with van der Waals surface area (Å²) < 4.78 is 0. The summed E-state index contributed by atoms with van der Waals surface area (Å²) in [7, 11) is 0. The molecule has 0 aromatic carbocycles. The number of thiazole rings is 1. The molecule has 7 heteroatoms. The number of nitrogens with one attached hydrogen (secondary N) is 2. The number of anilines is 1. The Kier molecular flexibility index (Phi) is 4.08. The van der Waals surface area contributed by atoms with Crippen LogP contribution in [-0.4, -0.2) is 15.9 Å². The predicted molar refractivity (Wildman–Crippen MR) is 74.8 cm³/mol. The summed E-state index contributed by atoms with van der Waals surface area (Å²) in [6, 6.07) is 3.10. The molecule has 0 aliphatic rings. The van der Waals surface area contributed by atoms with Gasteiger partial charge in [0.1, 0.15) is 10.8 Å². The lowest BCUT2D eigenvalue weighted by Gasteiger charge is -2.11. The van der Waals surface area contributed by atoms with Crippen LogP contribution < -0.4 is 16.6 Å². The Hall–Kier alpha value is -1.99. The van der Waals surface area contributed by atoms with Crippen molar-refractivity contribution in [3.8, 4) is 0 Å². The number of hydrazine groups is 1. The summed E-state index contributed by atoms with van der Waals surface area (Å²) in [6.07, 6.45) is 3.33. The number of hydrogen-bond donors (Lipinski definition) is 3. The van der Waals surface area contributed by atoms with Crippen molar-refractivity contribution in [1.82, 2.24) is 15.3 Å². The Morgan fingerprint density at radius 2 is 2.26 bits per heavy atom. The fourth-order valence-corrected chi connectivity index (χ4v) is 2.34. The zero-order valence-corrected chi connectivity index (χ0v) is 11.5. The van der Waals surface area contributed by atoms with Gasteiger partial charge in [0.2, 0.25) is 0 Å². The second kappa shape index (κ2) is 5.77. The SMILES string of the molecule is Cc1cnc(C(C)NC(=O)c2ccnc(NN)c2)s1. The number of pyridine rings is 1. The van der Waals surface area contributed by atoms with Crippen molar-refractivity contribution in [2.45, 2.75) is 19.9 Å². The number of carbonyl (C=O) groups is 1. The van der Waals surface area contributed by atoms with E-state index in [1.807, 2.05) is 13.8 Å². The maximum atomic E-state index is 12.1. The number of nitrogens with two attached hydrogens (primary N) is 1. The van der Waals surface area contributed by atoms with Crippen molar-refractivity contribution >= 4 is 23.1 Å². The molecule has 0 fully saturated rings. The van der Waals surface area contributed by atoms with E-state index < -0.39 is 0 Å². The van der Waals surface area contributed by atoms with Crippen molar-refractivity contribution in [2.24, 2.45) is 5.84 Å². The molecular weight excluding hydrogens is 262 g/mol. The Morgan fingerprint density at radius 3 is 2.89 bits per heavy atom. The monoisotopic (exact) mass is 277 g/mol.